The second kappa shape index (κ2) is 40.8. The molecule has 0 rings (SSSR count). The van der Waals surface area contributed by atoms with Gasteiger partial charge in [-0.05, 0) is 70.6 Å². The lowest BCUT2D eigenvalue weighted by Gasteiger charge is -2.15. The minimum absolute atomic E-state index is 0.175. The fourth-order valence-electron chi connectivity index (χ4n) is 5.82. The summed E-state index contributed by atoms with van der Waals surface area (Å²) in [5.74, 6) is -0.211. The summed E-state index contributed by atoms with van der Waals surface area (Å²) in [6.07, 6.45) is 50.5. The van der Waals surface area contributed by atoms with E-state index in [1.54, 1.807) is 0 Å². The highest BCUT2D eigenvalue weighted by atomic mass is 16.6. The first-order chi connectivity index (χ1) is 23.2. The van der Waals surface area contributed by atoms with Crippen molar-refractivity contribution in [3.05, 3.63) is 36.5 Å². The van der Waals surface area contributed by atoms with Crippen LogP contribution in [0.15, 0.2) is 36.5 Å². The van der Waals surface area contributed by atoms with Crippen LogP contribution in [0.3, 0.4) is 0 Å². The first-order valence-electron chi connectivity index (χ1n) is 20.6. The summed E-state index contributed by atoms with van der Waals surface area (Å²) in [4.78, 5) is 12.1. The number of hydrogen-bond acceptors (Lipinski definition) is 4. The Morgan fingerprint density at radius 3 is 1.36 bits per heavy atom. The Hall–Kier alpha value is -1.39. The molecule has 276 valence electrons. The van der Waals surface area contributed by atoms with Crippen LogP contribution in [-0.2, 0) is 14.3 Å². The maximum atomic E-state index is 12.1. The zero-order valence-corrected chi connectivity index (χ0v) is 31.5. The lowest BCUT2D eigenvalue weighted by molar-refractivity contribution is -0.154. The second-order valence-corrected chi connectivity index (χ2v) is 13.7. The molecule has 0 spiro atoms. The quantitative estimate of drug-likeness (QED) is 0.0407. The van der Waals surface area contributed by atoms with Gasteiger partial charge in [-0.1, -0.05) is 166 Å². The van der Waals surface area contributed by atoms with Crippen LogP contribution in [0.5, 0.6) is 0 Å². The van der Waals surface area contributed by atoms with Gasteiger partial charge < -0.3 is 14.6 Å². The molecule has 0 amide bonds. The molecule has 0 saturated heterocycles. The van der Waals surface area contributed by atoms with E-state index < -0.39 is 6.10 Å². The molecule has 0 aromatic rings. The summed E-state index contributed by atoms with van der Waals surface area (Å²) < 4.78 is 11.1. The first kappa shape index (κ1) is 45.6. The first-order valence-corrected chi connectivity index (χ1v) is 20.6. The third-order valence-corrected chi connectivity index (χ3v) is 8.94. The minimum Gasteiger partial charge on any atom is -0.457 e. The van der Waals surface area contributed by atoms with Gasteiger partial charge in [-0.25, -0.2) is 0 Å². The van der Waals surface area contributed by atoms with Crippen LogP contribution in [0.25, 0.3) is 0 Å². The zero-order chi connectivity index (χ0) is 34.1. The number of aliphatic hydroxyl groups is 1. The van der Waals surface area contributed by atoms with Crippen molar-refractivity contribution in [1.82, 2.24) is 0 Å². The Morgan fingerprint density at radius 2 is 0.894 bits per heavy atom. The van der Waals surface area contributed by atoms with Gasteiger partial charge >= 0.3 is 5.97 Å². The van der Waals surface area contributed by atoms with E-state index in [-0.39, 0.29) is 12.6 Å². The van der Waals surface area contributed by atoms with E-state index in [0.29, 0.717) is 19.6 Å². The van der Waals surface area contributed by atoms with Crippen LogP contribution in [0.4, 0.5) is 0 Å². The summed E-state index contributed by atoms with van der Waals surface area (Å²) in [6, 6.07) is 0. The van der Waals surface area contributed by atoms with E-state index in [1.165, 1.54) is 161 Å². The molecule has 0 aliphatic heterocycles. The third-order valence-electron chi connectivity index (χ3n) is 8.94. The fraction of sp³-hybridized carbons (Fsp3) is 0.837. The molecule has 1 unspecified atom stereocenters. The van der Waals surface area contributed by atoms with Gasteiger partial charge in [-0.3, -0.25) is 4.79 Å². The maximum Gasteiger partial charge on any atom is 0.306 e. The molecular weight excluding hydrogens is 580 g/mol. The molecule has 47 heavy (non-hydrogen) atoms. The molecule has 0 aliphatic rings. The molecule has 0 heterocycles. The molecule has 1 N–H and O–H groups in total. The number of allylic oxidation sites excluding steroid dienone is 6. The molecule has 1 atom stereocenters. The van der Waals surface area contributed by atoms with E-state index >= 15 is 0 Å². The number of carbonyl (C=O) groups is 1. The van der Waals surface area contributed by atoms with Gasteiger partial charge in [0.25, 0.3) is 0 Å². The van der Waals surface area contributed by atoms with Gasteiger partial charge in [0.05, 0.1) is 13.2 Å². The van der Waals surface area contributed by atoms with E-state index in [9.17, 15) is 9.90 Å². The van der Waals surface area contributed by atoms with Crippen molar-refractivity contribution in [2.24, 2.45) is 0 Å². The highest BCUT2D eigenvalue weighted by Gasteiger charge is 2.13. The largest absolute Gasteiger partial charge is 0.457 e. The van der Waals surface area contributed by atoms with Gasteiger partial charge in [0.15, 0.2) is 0 Å². The molecular formula is C43H80O4. The summed E-state index contributed by atoms with van der Waals surface area (Å²) in [5.41, 5.74) is 0. The molecule has 0 radical (unpaired) electrons. The fourth-order valence-corrected chi connectivity index (χ4v) is 5.82. The van der Waals surface area contributed by atoms with Crippen LogP contribution in [0.2, 0.25) is 0 Å². The number of hydrogen-bond donors (Lipinski definition) is 1. The Bertz CT molecular complexity index is 698. The SMILES string of the molecule is CCCCCC/C=C\CCCCCCCC(=O)OC(CO)COCCCCCCCCCCCC/C=C\C/C=C\CCCCCCC. The predicted molar refractivity (Wildman–Crippen MR) is 205 cm³/mol. The third kappa shape index (κ3) is 38.9. The number of esters is 1. The van der Waals surface area contributed by atoms with E-state index in [1.807, 2.05) is 0 Å². The van der Waals surface area contributed by atoms with Crippen molar-refractivity contribution in [3.63, 3.8) is 0 Å². The van der Waals surface area contributed by atoms with Crippen molar-refractivity contribution < 1.29 is 19.4 Å². The highest BCUT2D eigenvalue weighted by Crippen LogP contribution is 2.13. The van der Waals surface area contributed by atoms with Crippen molar-refractivity contribution in [2.45, 2.75) is 213 Å². The lowest BCUT2D eigenvalue weighted by Crippen LogP contribution is -2.27. The van der Waals surface area contributed by atoms with Crippen molar-refractivity contribution in [1.29, 1.82) is 0 Å². The van der Waals surface area contributed by atoms with Gasteiger partial charge in [0.1, 0.15) is 6.10 Å². The Labute approximate surface area is 293 Å². The van der Waals surface area contributed by atoms with Crippen LogP contribution < -0.4 is 0 Å². The standard InChI is InChI=1S/C43H80O4/c1-3-5-7-9-11-13-15-17-18-19-20-21-22-23-24-25-27-29-31-33-35-37-39-46-41-42(40-44)47-43(45)38-36-34-32-30-28-26-16-14-12-10-8-6-4-2/h14-17,19-20,42,44H,3-13,18,21-41H2,1-2H3/b16-14-,17-15-,20-19-. The monoisotopic (exact) mass is 661 g/mol. The Morgan fingerprint density at radius 1 is 0.511 bits per heavy atom. The van der Waals surface area contributed by atoms with Crippen molar-refractivity contribution in [3.8, 4) is 0 Å². The summed E-state index contributed by atoms with van der Waals surface area (Å²) >= 11 is 0. The van der Waals surface area contributed by atoms with Crippen LogP contribution >= 0.6 is 0 Å². The van der Waals surface area contributed by atoms with Gasteiger partial charge in [-0.2, -0.15) is 0 Å². The summed E-state index contributed by atoms with van der Waals surface area (Å²) in [6.45, 7) is 5.32. The molecule has 4 nitrogen and oxygen atoms in total. The minimum atomic E-state index is -0.538. The van der Waals surface area contributed by atoms with E-state index in [0.717, 1.165) is 25.7 Å². The van der Waals surface area contributed by atoms with Crippen LogP contribution in [0.1, 0.15) is 206 Å². The zero-order valence-electron chi connectivity index (χ0n) is 31.5. The number of ether oxygens (including phenoxy) is 2. The topological polar surface area (TPSA) is 55.8 Å². The summed E-state index contributed by atoms with van der Waals surface area (Å²) in [7, 11) is 0. The maximum absolute atomic E-state index is 12.1. The van der Waals surface area contributed by atoms with Crippen LogP contribution in [0, 0.1) is 0 Å². The summed E-state index contributed by atoms with van der Waals surface area (Å²) in [5, 5.41) is 9.57. The van der Waals surface area contributed by atoms with Gasteiger partial charge in [0, 0.05) is 13.0 Å². The Balaban J connectivity index is 3.42. The number of aliphatic hydroxyl groups excluding tert-OH is 1. The number of rotatable bonds is 38. The highest BCUT2D eigenvalue weighted by molar-refractivity contribution is 5.69. The molecule has 0 saturated carbocycles. The van der Waals surface area contributed by atoms with Gasteiger partial charge in [-0.15, -0.1) is 0 Å². The second-order valence-electron chi connectivity index (χ2n) is 13.7. The molecule has 0 aromatic heterocycles. The number of carbonyl (C=O) groups excluding carboxylic acids is 1. The average molecular weight is 661 g/mol. The lowest BCUT2D eigenvalue weighted by atomic mass is 10.1. The van der Waals surface area contributed by atoms with Crippen molar-refractivity contribution >= 4 is 5.97 Å². The number of unbranched alkanes of at least 4 members (excludes halogenated alkanes) is 24. The molecule has 0 bridgehead atoms. The van der Waals surface area contributed by atoms with Crippen LogP contribution in [-0.4, -0.2) is 37.0 Å². The molecule has 4 heteroatoms. The average Bonchev–Trinajstić information content (AvgIpc) is 3.08. The van der Waals surface area contributed by atoms with Crippen molar-refractivity contribution in [2.75, 3.05) is 19.8 Å². The predicted octanol–water partition coefficient (Wildman–Crippen LogP) is 13.3. The Kier molecular flexibility index (Phi) is 39.6. The smallest absolute Gasteiger partial charge is 0.306 e. The molecule has 0 aliphatic carbocycles. The van der Waals surface area contributed by atoms with E-state index in [4.69, 9.17) is 9.47 Å². The normalized spacial score (nSPS) is 12.7. The molecule has 0 fully saturated rings. The van der Waals surface area contributed by atoms with E-state index in [2.05, 4.69) is 50.3 Å². The van der Waals surface area contributed by atoms with Gasteiger partial charge in [0.2, 0.25) is 0 Å². The molecule has 0 aromatic carbocycles.